The highest BCUT2D eigenvalue weighted by Gasteiger charge is 2.08. The summed E-state index contributed by atoms with van der Waals surface area (Å²) in [6, 6.07) is 17.1. The van der Waals surface area contributed by atoms with Crippen molar-refractivity contribution in [3.8, 4) is 10.4 Å². The first-order valence-electron chi connectivity index (χ1n) is 9.20. The predicted molar refractivity (Wildman–Crippen MR) is 123 cm³/mol. The number of hydrogen-bond donors (Lipinski definition) is 2. The number of nitrogens with one attached hydrogen (secondary N) is 2. The van der Waals surface area contributed by atoms with Crippen LogP contribution in [0.3, 0.4) is 0 Å². The fourth-order valence-electron chi connectivity index (χ4n) is 2.69. The lowest BCUT2D eigenvalue weighted by Gasteiger charge is -2.12. The van der Waals surface area contributed by atoms with Crippen molar-refractivity contribution in [3.63, 3.8) is 0 Å². The first kappa shape index (κ1) is 20.8. The van der Waals surface area contributed by atoms with Crippen LogP contribution in [0.25, 0.3) is 16.5 Å². The molecule has 0 saturated heterocycles. The van der Waals surface area contributed by atoms with Gasteiger partial charge in [-0.1, -0.05) is 36.7 Å². The predicted octanol–water partition coefficient (Wildman–Crippen LogP) is 6.38. The zero-order valence-corrected chi connectivity index (χ0v) is 17.7. The Labute approximate surface area is 179 Å². The second-order valence-corrected chi connectivity index (χ2v) is 7.96. The molecule has 148 valence electrons. The Bertz CT molecular complexity index is 1050. The third-order valence-corrected chi connectivity index (χ3v) is 5.69. The molecular weight excluding hydrogens is 404 g/mol. The summed E-state index contributed by atoms with van der Waals surface area (Å²) in [4.78, 5) is 26.1. The zero-order valence-electron chi connectivity index (χ0n) is 16.2. The van der Waals surface area contributed by atoms with E-state index >= 15 is 0 Å². The molecule has 0 atom stereocenters. The first-order chi connectivity index (χ1) is 14.0. The molecule has 3 rings (SSSR count). The number of carbonyl (C=O) groups is 2. The van der Waals surface area contributed by atoms with Gasteiger partial charge in [0.05, 0.1) is 0 Å². The summed E-state index contributed by atoms with van der Waals surface area (Å²) in [6.45, 7) is 3.66. The molecule has 0 aliphatic rings. The van der Waals surface area contributed by atoms with E-state index < -0.39 is 0 Å². The van der Waals surface area contributed by atoms with Crippen molar-refractivity contribution in [2.75, 3.05) is 10.6 Å². The summed E-state index contributed by atoms with van der Waals surface area (Å²) >= 11 is 7.53. The molecule has 6 heteroatoms. The molecule has 0 radical (unpaired) electrons. The van der Waals surface area contributed by atoms with Crippen molar-refractivity contribution in [2.24, 2.45) is 0 Å². The monoisotopic (exact) mass is 424 g/mol. The van der Waals surface area contributed by atoms with Crippen LogP contribution in [0, 0.1) is 6.92 Å². The Morgan fingerprint density at radius 2 is 1.69 bits per heavy atom. The Hall–Kier alpha value is -2.89. The topological polar surface area (TPSA) is 58.2 Å². The summed E-state index contributed by atoms with van der Waals surface area (Å²) in [5, 5.41) is 6.41. The van der Waals surface area contributed by atoms with Gasteiger partial charge in [0.2, 0.25) is 11.8 Å². The Kier molecular flexibility index (Phi) is 6.86. The van der Waals surface area contributed by atoms with E-state index in [0.717, 1.165) is 20.9 Å². The van der Waals surface area contributed by atoms with Crippen LogP contribution in [0.5, 0.6) is 0 Å². The number of benzene rings is 2. The first-order valence-corrected chi connectivity index (χ1v) is 10.4. The van der Waals surface area contributed by atoms with E-state index in [2.05, 4.69) is 10.6 Å². The average Bonchev–Trinajstić information content (AvgIpc) is 3.19. The van der Waals surface area contributed by atoms with E-state index in [0.29, 0.717) is 22.8 Å². The van der Waals surface area contributed by atoms with Crippen LogP contribution in [-0.4, -0.2) is 11.8 Å². The van der Waals surface area contributed by atoms with Crippen molar-refractivity contribution in [1.82, 2.24) is 0 Å². The lowest BCUT2D eigenvalue weighted by molar-refractivity contribution is -0.116. The highest BCUT2D eigenvalue weighted by molar-refractivity contribution is 7.16. The molecule has 1 heterocycles. The summed E-state index contributed by atoms with van der Waals surface area (Å²) in [5.74, 6) is -0.292. The van der Waals surface area contributed by atoms with Gasteiger partial charge in [0.15, 0.2) is 0 Å². The largest absolute Gasteiger partial charge is 0.326 e. The van der Waals surface area contributed by atoms with Crippen LogP contribution in [-0.2, 0) is 9.59 Å². The lowest BCUT2D eigenvalue weighted by atomic mass is 10.1. The Morgan fingerprint density at radius 3 is 2.38 bits per heavy atom. The summed E-state index contributed by atoms with van der Waals surface area (Å²) < 4.78 is 0. The van der Waals surface area contributed by atoms with Gasteiger partial charge in [-0.05, 0) is 60.5 Å². The number of hydrogen-bond acceptors (Lipinski definition) is 3. The van der Waals surface area contributed by atoms with Gasteiger partial charge in [0, 0.05) is 38.6 Å². The summed E-state index contributed by atoms with van der Waals surface area (Å²) in [7, 11) is 0. The molecule has 0 saturated carbocycles. The molecule has 29 heavy (non-hydrogen) atoms. The number of anilines is 2. The van der Waals surface area contributed by atoms with Gasteiger partial charge in [0.1, 0.15) is 0 Å². The van der Waals surface area contributed by atoms with Crippen LogP contribution in [0.1, 0.15) is 23.8 Å². The van der Waals surface area contributed by atoms with Gasteiger partial charge >= 0.3 is 0 Å². The second kappa shape index (κ2) is 9.54. The van der Waals surface area contributed by atoms with Gasteiger partial charge in [-0.2, -0.15) is 0 Å². The molecule has 0 fully saturated rings. The van der Waals surface area contributed by atoms with Crippen LogP contribution >= 0.6 is 22.9 Å². The van der Waals surface area contributed by atoms with E-state index in [1.807, 2.05) is 55.5 Å². The zero-order chi connectivity index (χ0) is 20.8. The molecule has 2 N–H and O–H groups in total. The van der Waals surface area contributed by atoms with Crippen molar-refractivity contribution >= 4 is 52.2 Å². The maximum Gasteiger partial charge on any atom is 0.248 e. The van der Waals surface area contributed by atoms with Crippen molar-refractivity contribution in [1.29, 1.82) is 0 Å². The third kappa shape index (κ3) is 5.56. The van der Waals surface area contributed by atoms with Crippen LogP contribution < -0.4 is 10.6 Å². The minimum absolute atomic E-state index is 0.0642. The van der Waals surface area contributed by atoms with E-state index in [1.165, 1.54) is 6.08 Å². The molecule has 4 nitrogen and oxygen atoms in total. The minimum atomic E-state index is -0.228. The standard InChI is InChI=1S/C23H21ClN2O2S/c1-3-22(27)25-19-5-4-6-20(15(19)2)26-23(28)14-12-18-11-13-21(29-18)16-7-9-17(24)10-8-16/h4-14H,3H2,1-2H3,(H,25,27)(H,26,28). The number of amides is 2. The highest BCUT2D eigenvalue weighted by atomic mass is 35.5. The molecule has 0 aliphatic carbocycles. The number of halogens is 1. The minimum Gasteiger partial charge on any atom is -0.326 e. The average molecular weight is 425 g/mol. The summed E-state index contributed by atoms with van der Waals surface area (Å²) in [5.41, 5.74) is 3.27. The van der Waals surface area contributed by atoms with Gasteiger partial charge in [-0.3, -0.25) is 9.59 Å². The Morgan fingerprint density at radius 1 is 1.00 bits per heavy atom. The third-order valence-electron chi connectivity index (χ3n) is 4.34. The van der Waals surface area contributed by atoms with Gasteiger partial charge in [-0.25, -0.2) is 0 Å². The molecular formula is C23H21ClN2O2S. The molecule has 0 spiro atoms. The van der Waals surface area contributed by atoms with Crippen LogP contribution in [0.4, 0.5) is 11.4 Å². The highest BCUT2D eigenvalue weighted by Crippen LogP contribution is 2.30. The second-order valence-electron chi connectivity index (χ2n) is 6.41. The van der Waals surface area contributed by atoms with E-state index in [4.69, 9.17) is 11.6 Å². The van der Waals surface area contributed by atoms with Crippen molar-refractivity contribution < 1.29 is 9.59 Å². The SMILES string of the molecule is CCC(=O)Nc1cccc(NC(=O)C=Cc2ccc(-c3ccc(Cl)cc3)s2)c1C. The molecule has 0 bridgehead atoms. The molecule has 0 unspecified atom stereocenters. The fourth-order valence-corrected chi connectivity index (χ4v) is 3.73. The fraction of sp³-hybridized carbons (Fsp3) is 0.130. The van der Waals surface area contributed by atoms with Crippen molar-refractivity contribution in [2.45, 2.75) is 20.3 Å². The maximum absolute atomic E-state index is 12.3. The quantitative estimate of drug-likeness (QED) is 0.451. The molecule has 3 aromatic rings. The van der Waals surface area contributed by atoms with E-state index in [-0.39, 0.29) is 11.8 Å². The van der Waals surface area contributed by atoms with E-state index in [1.54, 1.807) is 30.4 Å². The van der Waals surface area contributed by atoms with Crippen LogP contribution in [0.15, 0.2) is 60.7 Å². The Balaban J connectivity index is 1.67. The van der Waals surface area contributed by atoms with Gasteiger partial charge in [-0.15, -0.1) is 11.3 Å². The van der Waals surface area contributed by atoms with E-state index in [9.17, 15) is 9.59 Å². The molecule has 2 amide bonds. The van der Waals surface area contributed by atoms with Gasteiger partial charge in [0.25, 0.3) is 0 Å². The lowest BCUT2D eigenvalue weighted by Crippen LogP contribution is -2.13. The van der Waals surface area contributed by atoms with Crippen LogP contribution in [0.2, 0.25) is 5.02 Å². The van der Waals surface area contributed by atoms with Crippen molar-refractivity contribution in [3.05, 3.63) is 76.1 Å². The van der Waals surface area contributed by atoms with Gasteiger partial charge < -0.3 is 10.6 Å². The molecule has 0 aliphatic heterocycles. The summed E-state index contributed by atoms with van der Waals surface area (Å²) in [6.07, 6.45) is 3.70. The number of carbonyl (C=O) groups excluding carboxylic acids is 2. The number of thiophene rings is 1. The maximum atomic E-state index is 12.3. The number of rotatable bonds is 6. The smallest absolute Gasteiger partial charge is 0.248 e. The normalized spacial score (nSPS) is 10.9. The molecule has 1 aromatic heterocycles. The molecule has 2 aromatic carbocycles.